The van der Waals surface area contributed by atoms with Crippen LogP contribution in [-0.2, 0) is 9.53 Å². The minimum atomic E-state index is -0.518. The number of ketones is 1. The molecule has 5 heteroatoms. The standard InChI is InChI=1S/C12H18INO3/c1-10(2,3)17-9(16)14-4-8(15)11-5-12(13,6-11)7-11/h4-7H2,1-3H3,(H,14,16). The van der Waals surface area contributed by atoms with Gasteiger partial charge in [0.1, 0.15) is 5.60 Å². The molecule has 0 radical (unpaired) electrons. The number of rotatable bonds is 3. The summed E-state index contributed by atoms with van der Waals surface area (Å²) in [5.41, 5.74) is -0.633. The lowest BCUT2D eigenvalue weighted by Gasteiger charge is -2.66. The van der Waals surface area contributed by atoms with Crippen molar-refractivity contribution in [3.05, 3.63) is 0 Å². The third kappa shape index (κ3) is 2.58. The van der Waals surface area contributed by atoms with E-state index in [2.05, 4.69) is 27.9 Å². The molecule has 1 amide bonds. The number of alkyl carbamates (subject to hydrolysis) is 1. The van der Waals surface area contributed by atoms with E-state index < -0.39 is 11.7 Å². The fraction of sp³-hybridized carbons (Fsp3) is 0.833. The highest BCUT2D eigenvalue weighted by molar-refractivity contribution is 14.1. The van der Waals surface area contributed by atoms with Crippen LogP contribution in [0.4, 0.5) is 4.79 Å². The summed E-state index contributed by atoms with van der Waals surface area (Å²) in [4.78, 5) is 23.3. The van der Waals surface area contributed by atoms with Crippen LogP contribution >= 0.6 is 22.6 Å². The summed E-state index contributed by atoms with van der Waals surface area (Å²) >= 11 is 2.43. The summed E-state index contributed by atoms with van der Waals surface area (Å²) in [5, 5.41) is 2.54. The first kappa shape index (κ1) is 13.1. The average molecular weight is 351 g/mol. The number of carbonyl (C=O) groups excluding carboxylic acids is 2. The first-order valence-corrected chi connectivity index (χ1v) is 6.91. The van der Waals surface area contributed by atoms with Crippen molar-refractivity contribution in [1.29, 1.82) is 0 Å². The lowest BCUT2D eigenvalue weighted by atomic mass is 9.43. The van der Waals surface area contributed by atoms with Gasteiger partial charge in [-0.05, 0) is 40.0 Å². The highest BCUT2D eigenvalue weighted by Crippen LogP contribution is 2.72. The molecular formula is C12H18INO3. The first-order chi connectivity index (χ1) is 7.64. The molecule has 17 heavy (non-hydrogen) atoms. The molecule has 0 atom stereocenters. The van der Waals surface area contributed by atoms with E-state index in [-0.39, 0.29) is 17.7 Å². The molecule has 3 aliphatic rings. The lowest BCUT2D eigenvalue weighted by Crippen LogP contribution is -2.68. The summed E-state index contributed by atoms with van der Waals surface area (Å²) in [7, 11) is 0. The molecule has 1 N–H and O–H groups in total. The van der Waals surface area contributed by atoms with Gasteiger partial charge in [-0.1, -0.05) is 22.6 Å². The van der Waals surface area contributed by atoms with Crippen LogP contribution in [0.25, 0.3) is 0 Å². The van der Waals surface area contributed by atoms with Crippen LogP contribution in [-0.4, -0.2) is 27.4 Å². The van der Waals surface area contributed by atoms with Gasteiger partial charge in [0, 0.05) is 8.84 Å². The SMILES string of the molecule is CC(C)(C)OC(=O)NCC(=O)C12CC(I)(C1)C2. The molecule has 3 saturated carbocycles. The van der Waals surface area contributed by atoms with E-state index in [9.17, 15) is 9.59 Å². The fourth-order valence-electron chi connectivity index (χ4n) is 2.61. The Morgan fingerprint density at radius 1 is 1.29 bits per heavy atom. The number of carbonyl (C=O) groups is 2. The second-order valence-electron chi connectivity index (χ2n) is 6.24. The quantitative estimate of drug-likeness (QED) is 0.628. The molecule has 0 aromatic rings. The van der Waals surface area contributed by atoms with Gasteiger partial charge in [-0.15, -0.1) is 0 Å². The third-order valence-corrected chi connectivity index (χ3v) is 4.49. The smallest absolute Gasteiger partial charge is 0.408 e. The van der Waals surface area contributed by atoms with Gasteiger partial charge in [0.15, 0.2) is 5.78 Å². The van der Waals surface area contributed by atoms with E-state index >= 15 is 0 Å². The van der Waals surface area contributed by atoms with Crippen LogP contribution in [0.15, 0.2) is 0 Å². The summed E-state index contributed by atoms with van der Waals surface area (Å²) in [6.45, 7) is 5.50. The summed E-state index contributed by atoms with van der Waals surface area (Å²) in [5.74, 6) is 0.155. The van der Waals surface area contributed by atoms with Gasteiger partial charge < -0.3 is 10.1 Å². The predicted octanol–water partition coefficient (Wildman–Crippen LogP) is 2.44. The van der Waals surface area contributed by atoms with E-state index in [0.717, 1.165) is 19.3 Å². The zero-order valence-electron chi connectivity index (χ0n) is 10.4. The molecule has 3 rings (SSSR count). The van der Waals surface area contributed by atoms with E-state index in [1.165, 1.54) is 0 Å². The van der Waals surface area contributed by atoms with Gasteiger partial charge in [0.25, 0.3) is 0 Å². The Balaban J connectivity index is 1.73. The van der Waals surface area contributed by atoms with Crippen molar-refractivity contribution < 1.29 is 14.3 Å². The normalized spacial score (nSPS) is 34.4. The van der Waals surface area contributed by atoms with Crippen LogP contribution in [0.2, 0.25) is 0 Å². The molecule has 3 aliphatic carbocycles. The van der Waals surface area contributed by atoms with Crippen LogP contribution in [0.3, 0.4) is 0 Å². The van der Waals surface area contributed by atoms with Gasteiger partial charge in [-0.3, -0.25) is 4.79 Å². The zero-order chi connectivity index (χ0) is 12.9. The Bertz CT molecular complexity index is 353. The summed E-state index contributed by atoms with van der Waals surface area (Å²) in [6, 6.07) is 0. The molecular weight excluding hydrogens is 333 g/mol. The van der Waals surface area contributed by atoms with Gasteiger partial charge in [-0.25, -0.2) is 4.79 Å². The average Bonchev–Trinajstić information content (AvgIpc) is 2.04. The van der Waals surface area contributed by atoms with Crippen molar-refractivity contribution in [1.82, 2.24) is 5.32 Å². The van der Waals surface area contributed by atoms with Crippen LogP contribution in [0.5, 0.6) is 0 Å². The van der Waals surface area contributed by atoms with E-state index in [1.807, 2.05) is 0 Å². The van der Waals surface area contributed by atoms with Gasteiger partial charge >= 0.3 is 6.09 Å². The molecule has 0 heterocycles. The molecule has 2 bridgehead atoms. The number of hydrogen-bond donors (Lipinski definition) is 1. The van der Waals surface area contributed by atoms with Crippen LogP contribution < -0.4 is 5.32 Å². The summed E-state index contributed by atoms with van der Waals surface area (Å²) < 4.78 is 5.47. The van der Waals surface area contributed by atoms with Crippen molar-refractivity contribution in [2.24, 2.45) is 5.41 Å². The molecule has 0 saturated heterocycles. The Kier molecular flexibility index (Phi) is 2.95. The van der Waals surface area contributed by atoms with Crippen molar-refractivity contribution in [2.45, 2.75) is 49.1 Å². The molecule has 0 unspecified atom stereocenters. The number of alkyl halides is 1. The minimum absolute atomic E-state index is 0.0988. The maximum absolute atomic E-state index is 11.9. The molecule has 96 valence electrons. The number of Topliss-reactive ketones (excluding diaryl/α,β-unsaturated/α-hetero) is 1. The van der Waals surface area contributed by atoms with Crippen molar-refractivity contribution in [2.75, 3.05) is 6.54 Å². The fourth-order valence-corrected chi connectivity index (χ4v) is 4.80. The molecule has 4 nitrogen and oxygen atoms in total. The van der Waals surface area contributed by atoms with Crippen molar-refractivity contribution in [3.63, 3.8) is 0 Å². The Morgan fingerprint density at radius 3 is 2.24 bits per heavy atom. The third-order valence-electron chi connectivity index (χ3n) is 3.35. The minimum Gasteiger partial charge on any atom is -0.444 e. The van der Waals surface area contributed by atoms with Crippen LogP contribution in [0.1, 0.15) is 40.0 Å². The van der Waals surface area contributed by atoms with E-state index in [1.54, 1.807) is 20.8 Å². The number of halogens is 1. The molecule has 0 aliphatic heterocycles. The van der Waals surface area contributed by atoms with Gasteiger partial charge in [-0.2, -0.15) is 0 Å². The largest absolute Gasteiger partial charge is 0.444 e. The van der Waals surface area contributed by atoms with Crippen molar-refractivity contribution in [3.8, 4) is 0 Å². The predicted molar refractivity (Wildman–Crippen MR) is 72.3 cm³/mol. The monoisotopic (exact) mass is 351 g/mol. The Morgan fingerprint density at radius 2 is 1.82 bits per heavy atom. The van der Waals surface area contributed by atoms with Gasteiger partial charge in [0.2, 0.25) is 0 Å². The topological polar surface area (TPSA) is 55.4 Å². The maximum Gasteiger partial charge on any atom is 0.408 e. The van der Waals surface area contributed by atoms with Crippen molar-refractivity contribution >= 4 is 34.5 Å². The Hall–Kier alpha value is -0.330. The van der Waals surface area contributed by atoms with E-state index in [0.29, 0.717) is 3.42 Å². The zero-order valence-corrected chi connectivity index (χ0v) is 12.6. The van der Waals surface area contributed by atoms with E-state index in [4.69, 9.17) is 4.74 Å². The molecule has 0 spiro atoms. The Labute approximate surface area is 115 Å². The number of amides is 1. The summed E-state index contributed by atoms with van der Waals surface area (Å²) in [6.07, 6.45) is 2.43. The molecule has 3 fully saturated rings. The second-order valence-corrected chi connectivity index (χ2v) is 8.53. The molecule has 0 aromatic carbocycles. The van der Waals surface area contributed by atoms with Gasteiger partial charge in [0.05, 0.1) is 6.54 Å². The highest BCUT2D eigenvalue weighted by atomic mass is 127. The maximum atomic E-state index is 11.9. The number of nitrogens with one attached hydrogen (secondary N) is 1. The molecule has 0 aromatic heterocycles. The number of ether oxygens (including phenoxy) is 1. The second kappa shape index (κ2) is 3.83. The highest BCUT2D eigenvalue weighted by Gasteiger charge is 2.69. The van der Waals surface area contributed by atoms with Crippen LogP contribution in [0, 0.1) is 5.41 Å². The number of hydrogen-bond acceptors (Lipinski definition) is 3. The lowest BCUT2D eigenvalue weighted by molar-refractivity contribution is -0.151. The first-order valence-electron chi connectivity index (χ1n) is 5.83.